The molecule has 1 N–H and O–H groups in total. The van der Waals surface area contributed by atoms with Crippen molar-refractivity contribution < 1.29 is 9.21 Å². The van der Waals surface area contributed by atoms with E-state index >= 15 is 0 Å². The summed E-state index contributed by atoms with van der Waals surface area (Å²) in [5.74, 6) is 0.924. The molecule has 0 saturated carbocycles. The normalized spacial score (nSPS) is 10.8. The van der Waals surface area contributed by atoms with Gasteiger partial charge in [0, 0.05) is 19.2 Å². The van der Waals surface area contributed by atoms with Crippen LogP contribution in [0, 0.1) is 0 Å². The van der Waals surface area contributed by atoms with Gasteiger partial charge in [-0.15, -0.1) is 0 Å². The molecule has 1 heterocycles. The minimum absolute atomic E-state index is 0.0502. The number of carbonyl (C=O) groups excluding carboxylic acids is 1. The molecule has 0 fully saturated rings. The van der Waals surface area contributed by atoms with Gasteiger partial charge < -0.3 is 9.73 Å². The topological polar surface area (TPSA) is 45.5 Å². The molecule has 0 saturated heterocycles. The molecule has 4 nitrogen and oxygen atoms in total. The first-order valence-corrected chi connectivity index (χ1v) is 6.78. The Hall–Kier alpha value is -2.07. The Morgan fingerprint density at radius 3 is 2.50 bits per heavy atom. The van der Waals surface area contributed by atoms with Gasteiger partial charge in [0.2, 0.25) is 5.91 Å². The van der Waals surface area contributed by atoms with Crippen molar-refractivity contribution in [3.05, 3.63) is 54.0 Å². The highest BCUT2D eigenvalue weighted by atomic mass is 16.3. The Morgan fingerprint density at radius 2 is 1.95 bits per heavy atom. The van der Waals surface area contributed by atoms with E-state index in [0.29, 0.717) is 0 Å². The second-order valence-electron chi connectivity index (χ2n) is 4.76. The molecule has 106 valence electrons. The van der Waals surface area contributed by atoms with E-state index in [9.17, 15) is 4.79 Å². The van der Waals surface area contributed by atoms with Crippen molar-refractivity contribution in [1.82, 2.24) is 4.90 Å². The number of benzene rings is 1. The van der Waals surface area contributed by atoms with Gasteiger partial charge in [0.1, 0.15) is 5.76 Å². The molecule has 1 aromatic carbocycles. The van der Waals surface area contributed by atoms with Gasteiger partial charge in [-0.3, -0.25) is 9.69 Å². The van der Waals surface area contributed by atoms with Gasteiger partial charge in [0.05, 0.1) is 12.8 Å². The van der Waals surface area contributed by atoms with Crippen LogP contribution in [0.15, 0.2) is 47.1 Å². The van der Waals surface area contributed by atoms with Crippen LogP contribution in [-0.4, -0.2) is 17.4 Å². The smallest absolute Gasteiger partial charge is 0.221 e. The quantitative estimate of drug-likeness (QED) is 0.878. The van der Waals surface area contributed by atoms with Crippen molar-refractivity contribution in [3.63, 3.8) is 0 Å². The van der Waals surface area contributed by atoms with Gasteiger partial charge in [-0.25, -0.2) is 0 Å². The molecule has 0 aliphatic carbocycles. The number of nitrogens with zero attached hydrogens (tertiary/aromatic N) is 1. The molecule has 4 heteroatoms. The van der Waals surface area contributed by atoms with E-state index in [0.717, 1.165) is 31.1 Å². The lowest BCUT2D eigenvalue weighted by Gasteiger charge is -2.19. The summed E-state index contributed by atoms with van der Waals surface area (Å²) in [6.45, 7) is 6.26. The number of hydrogen-bond donors (Lipinski definition) is 1. The molecule has 0 radical (unpaired) electrons. The molecule has 2 aromatic rings. The third kappa shape index (κ3) is 4.24. The zero-order valence-corrected chi connectivity index (χ0v) is 11.9. The number of rotatable bonds is 6. The van der Waals surface area contributed by atoms with Crippen LogP contribution in [0.2, 0.25) is 0 Å². The van der Waals surface area contributed by atoms with E-state index in [-0.39, 0.29) is 5.91 Å². The first-order valence-electron chi connectivity index (χ1n) is 6.78. The summed E-state index contributed by atoms with van der Waals surface area (Å²) in [5, 5.41) is 2.77. The number of furan rings is 1. The van der Waals surface area contributed by atoms with Crippen LogP contribution < -0.4 is 5.32 Å². The van der Waals surface area contributed by atoms with Crippen LogP contribution in [0.1, 0.15) is 25.2 Å². The number of carbonyl (C=O) groups is 1. The third-order valence-corrected chi connectivity index (χ3v) is 3.09. The molecule has 0 aliphatic heterocycles. The number of anilines is 1. The molecule has 0 atom stereocenters. The lowest BCUT2D eigenvalue weighted by molar-refractivity contribution is -0.114. The maximum absolute atomic E-state index is 11.0. The summed E-state index contributed by atoms with van der Waals surface area (Å²) in [7, 11) is 0. The Bertz CT molecular complexity index is 532. The number of nitrogens with one attached hydrogen (secondary N) is 1. The molecular formula is C16H20N2O2. The Balaban J connectivity index is 1.95. The summed E-state index contributed by atoms with van der Waals surface area (Å²) >= 11 is 0. The van der Waals surface area contributed by atoms with Gasteiger partial charge >= 0.3 is 0 Å². The monoisotopic (exact) mass is 272 g/mol. The fraction of sp³-hybridized carbons (Fsp3) is 0.312. The zero-order valence-electron chi connectivity index (χ0n) is 11.9. The van der Waals surface area contributed by atoms with Gasteiger partial charge in [-0.05, 0) is 36.4 Å². The van der Waals surface area contributed by atoms with Crippen molar-refractivity contribution in [2.45, 2.75) is 26.9 Å². The van der Waals surface area contributed by atoms with E-state index in [4.69, 9.17) is 4.42 Å². The Labute approximate surface area is 119 Å². The molecule has 2 rings (SSSR count). The SMILES string of the molecule is CCN(Cc1ccc(NC(C)=O)cc1)Cc1ccco1. The lowest BCUT2D eigenvalue weighted by Crippen LogP contribution is -2.22. The van der Waals surface area contributed by atoms with Crippen molar-refractivity contribution in [1.29, 1.82) is 0 Å². The predicted octanol–water partition coefficient (Wildman–Crippen LogP) is 3.26. The van der Waals surface area contributed by atoms with Crippen molar-refractivity contribution in [3.8, 4) is 0 Å². The summed E-state index contributed by atoms with van der Waals surface area (Å²) in [6, 6.07) is 11.8. The number of hydrogen-bond acceptors (Lipinski definition) is 3. The van der Waals surface area contributed by atoms with Gasteiger partial charge in [-0.1, -0.05) is 19.1 Å². The van der Waals surface area contributed by atoms with E-state index in [1.54, 1.807) is 6.26 Å². The summed E-state index contributed by atoms with van der Waals surface area (Å²) < 4.78 is 5.38. The van der Waals surface area contributed by atoms with Crippen LogP contribution in [0.3, 0.4) is 0 Å². The fourth-order valence-corrected chi connectivity index (χ4v) is 2.06. The molecule has 0 bridgehead atoms. The van der Waals surface area contributed by atoms with Crippen LogP contribution in [0.25, 0.3) is 0 Å². The van der Waals surface area contributed by atoms with Crippen molar-refractivity contribution in [2.24, 2.45) is 0 Å². The van der Waals surface area contributed by atoms with Gasteiger partial charge in [0.15, 0.2) is 0 Å². The minimum Gasteiger partial charge on any atom is -0.468 e. The van der Waals surface area contributed by atoms with Crippen LogP contribution in [0.4, 0.5) is 5.69 Å². The molecular weight excluding hydrogens is 252 g/mol. The molecule has 0 aliphatic rings. The summed E-state index contributed by atoms with van der Waals surface area (Å²) in [5.41, 5.74) is 2.04. The third-order valence-electron chi connectivity index (χ3n) is 3.09. The molecule has 1 amide bonds. The lowest BCUT2D eigenvalue weighted by atomic mass is 10.2. The summed E-state index contributed by atoms with van der Waals surface area (Å²) in [4.78, 5) is 13.3. The molecule has 1 aromatic heterocycles. The summed E-state index contributed by atoms with van der Waals surface area (Å²) in [6.07, 6.45) is 1.70. The van der Waals surface area contributed by atoms with E-state index in [1.807, 2.05) is 36.4 Å². The van der Waals surface area contributed by atoms with E-state index in [1.165, 1.54) is 12.5 Å². The van der Waals surface area contributed by atoms with Crippen molar-refractivity contribution in [2.75, 3.05) is 11.9 Å². The van der Waals surface area contributed by atoms with E-state index < -0.39 is 0 Å². The first-order chi connectivity index (χ1) is 9.67. The van der Waals surface area contributed by atoms with Crippen LogP contribution in [-0.2, 0) is 17.9 Å². The maximum Gasteiger partial charge on any atom is 0.221 e. The highest BCUT2D eigenvalue weighted by Gasteiger charge is 2.07. The average molecular weight is 272 g/mol. The Morgan fingerprint density at radius 1 is 1.20 bits per heavy atom. The standard InChI is InChI=1S/C16H20N2O2/c1-3-18(12-16-5-4-10-20-16)11-14-6-8-15(9-7-14)17-13(2)19/h4-10H,3,11-12H2,1-2H3,(H,17,19). The van der Waals surface area contributed by atoms with Crippen molar-refractivity contribution >= 4 is 11.6 Å². The van der Waals surface area contributed by atoms with Gasteiger partial charge in [0.25, 0.3) is 0 Å². The molecule has 0 spiro atoms. The average Bonchev–Trinajstić information content (AvgIpc) is 2.92. The van der Waals surface area contributed by atoms with E-state index in [2.05, 4.69) is 17.1 Å². The molecule has 20 heavy (non-hydrogen) atoms. The predicted molar refractivity (Wildman–Crippen MR) is 79.2 cm³/mol. The zero-order chi connectivity index (χ0) is 14.4. The Kier molecular flexibility index (Phi) is 4.96. The highest BCUT2D eigenvalue weighted by molar-refractivity contribution is 5.88. The number of amides is 1. The first kappa shape index (κ1) is 14.3. The minimum atomic E-state index is -0.0502. The highest BCUT2D eigenvalue weighted by Crippen LogP contribution is 2.13. The largest absolute Gasteiger partial charge is 0.468 e. The van der Waals surface area contributed by atoms with Crippen LogP contribution >= 0.6 is 0 Å². The fourth-order valence-electron chi connectivity index (χ4n) is 2.06. The second-order valence-corrected chi connectivity index (χ2v) is 4.76. The van der Waals surface area contributed by atoms with Crippen LogP contribution in [0.5, 0.6) is 0 Å². The molecule has 0 unspecified atom stereocenters. The van der Waals surface area contributed by atoms with Gasteiger partial charge in [-0.2, -0.15) is 0 Å². The maximum atomic E-state index is 11.0. The second kappa shape index (κ2) is 6.91.